The van der Waals surface area contributed by atoms with Gasteiger partial charge in [-0.25, -0.2) is 4.79 Å². The van der Waals surface area contributed by atoms with Gasteiger partial charge in [-0.15, -0.1) is 0 Å². The van der Waals surface area contributed by atoms with Gasteiger partial charge in [0.25, 0.3) is 0 Å². The largest absolute Gasteiger partial charge is 0.444 e. The van der Waals surface area contributed by atoms with E-state index in [0.29, 0.717) is 12.0 Å². The van der Waals surface area contributed by atoms with Gasteiger partial charge in [0.1, 0.15) is 5.60 Å². The molecule has 0 radical (unpaired) electrons. The number of fused-ring (bicyclic) bond motifs is 1. The van der Waals surface area contributed by atoms with Crippen LogP contribution in [-0.4, -0.2) is 29.8 Å². The third kappa shape index (κ3) is 1.95. The first-order valence-corrected chi connectivity index (χ1v) is 5.58. The summed E-state index contributed by atoms with van der Waals surface area (Å²) in [5.41, 5.74) is -0.442. The molecule has 1 aliphatic carbocycles. The molecule has 1 saturated carbocycles. The van der Waals surface area contributed by atoms with E-state index in [1.807, 2.05) is 20.8 Å². The molecule has 4 nitrogen and oxygen atoms in total. The molecule has 1 aliphatic heterocycles. The molecule has 0 aromatic carbocycles. The second-order valence-electron chi connectivity index (χ2n) is 5.70. The Morgan fingerprint density at radius 2 is 2.20 bits per heavy atom. The van der Waals surface area contributed by atoms with Crippen LogP contribution in [0.5, 0.6) is 0 Å². The highest BCUT2D eigenvalue weighted by Crippen LogP contribution is 2.49. The first-order chi connectivity index (χ1) is 6.83. The fourth-order valence-corrected chi connectivity index (χ4v) is 2.39. The predicted molar refractivity (Wildman–Crippen MR) is 57.7 cm³/mol. The molecule has 2 aliphatic rings. The van der Waals surface area contributed by atoms with Crippen molar-refractivity contribution in [2.24, 2.45) is 5.92 Å². The summed E-state index contributed by atoms with van der Waals surface area (Å²) in [7, 11) is 0. The first-order valence-electron chi connectivity index (χ1n) is 5.58. The van der Waals surface area contributed by atoms with Gasteiger partial charge in [0.2, 0.25) is 0 Å². The maximum Gasteiger partial charge on any atom is 0.408 e. The van der Waals surface area contributed by atoms with E-state index in [4.69, 9.17) is 4.74 Å². The van der Waals surface area contributed by atoms with Crippen LogP contribution in [0.25, 0.3) is 0 Å². The minimum absolute atomic E-state index is 0.0255. The number of carbonyl (C=O) groups is 1. The van der Waals surface area contributed by atoms with Crippen LogP contribution >= 0.6 is 0 Å². The number of rotatable bonds is 1. The topological polar surface area (TPSA) is 50.4 Å². The zero-order valence-electron chi connectivity index (χ0n) is 9.89. The molecule has 2 rings (SSSR count). The van der Waals surface area contributed by atoms with Gasteiger partial charge in [0, 0.05) is 12.6 Å². The Labute approximate surface area is 90.8 Å². The van der Waals surface area contributed by atoms with Crippen molar-refractivity contribution in [3.05, 3.63) is 0 Å². The lowest BCUT2D eigenvalue weighted by Gasteiger charge is -2.25. The van der Waals surface area contributed by atoms with Gasteiger partial charge in [-0.1, -0.05) is 0 Å². The Morgan fingerprint density at radius 1 is 1.53 bits per heavy atom. The fourth-order valence-electron chi connectivity index (χ4n) is 2.39. The number of alkyl carbamates (subject to hydrolysis) is 1. The van der Waals surface area contributed by atoms with Crippen LogP contribution in [0.1, 0.15) is 34.1 Å². The molecule has 2 fully saturated rings. The van der Waals surface area contributed by atoms with Crippen molar-refractivity contribution in [1.82, 2.24) is 10.6 Å². The summed E-state index contributed by atoms with van der Waals surface area (Å²) in [6.07, 6.45) is 0.793. The van der Waals surface area contributed by atoms with E-state index in [1.165, 1.54) is 0 Å². The summed E-state index contributed by atoms with van der Waals surface area (Å²) >= 11 is 0. The van der Waals surface area contributed by atoms with E-state index >= 15 is 0 Å². The molecular weight excluding hydrogens is 192 g/mol. The Bertz CT molecular complexity index is 285. The van der Waals surface area contributed by atoms with Gasteiger partial charge in [-0.05, 0) is 40.0 Å². The molecule has 15 heavy (non-hydrogen) atoms. The lowest BCUT2D eigenvalue weighted by atomic mass is 10.1. The molecule has 3 unspecified atom stereocenters. The molecule has 86 valence electrons. The Morgan fingerprint density at radius 3 is 2.60 bits per heavy atom. The highest BCUT2D eigenvalue weighted by atomic mass is 16.6. The fraction of sp³-hybridized carbons (Fsp3) is 0.909. The maximum absolute atomic E-state index is 11.6. The number of ether oxygens (including phenoxy) is 1. The standard InChI is InChI=1S/C11H20N2O2/c1-7-11(5-8(11)6-12-7)13-9(14)15-10(2,3)4/h7-8,12H,5-6H2,1-4H3,(H,13,14). The minimum Gasteiger partial charge on any atom is -0.444 e. The van der Waals surface area contributed by atoms with Crippen LogP contribution in [-0.2, 0) is 4.74 Å². The van der Waals surface area contributed by atoms with Crippen LogP contribution in [0.15, 0.2) is 0 Å². The number of hydrogen-bond acceptors (Lipinski definition) is 3. The Kier molecular flexibility index (Phi) is 2.23. The quantitative estimate of drug-likeness (QED) is 0.688. The van der Waals surface area contributed by atoms with Crippen LogP contribution < -0.4 is 10.6 Å². The number of piperidine rings is 1. The van der Waals surface area contributed by atoms with Gasteiger partial charge >= 0.3 is 6.09 Å². The zero-order valence-corrected chi connectivity index (χ0v) is 9.89. The highest BCUT2D eigenvalue weighted by Gasteiger charge is 2.62. The summed E-state index contributed by atoms with van der Waals surface area (Å²) in [5, 5.41) is 6.37. The summed E-state index contributed by atoms with van der Waals surface area (Å²) in [6.45, 7) is 8.77. The second kappa shape index (κ2) is 3.11. The molecule has 1 amide bonds. The molecule has 1 saturated heterocycles. The molecular formula is C11H20N2O2. The summed E-state index contributed by atoms with van der Waals surface area (Å²) in [5.74, 6) is 0.597. The lowest BCUT2D eigenvalue weighted by molar-refractivity contribution is 0.0488. The van der Waals surface area contributed by atoms with E-state index in [-0.39, 0.29) is 11.6 Å². The Balaban J connectivity index is 1.90. The van der Waals surface area contributed by atoms with Crippen molar-refractivity contribution in [2.75, 3.05) is 6.54 Å². The van der Waals surface area contributed by atoms with E-state index < -0.39 is 5.60 Å². The zero-order chi connectivity index (χ0) is 11.3. The summed E-state index contributed by atoms with van der Waals surface area (Å²) in [4.78, 5) is 11.6. The maximum atomic E-state index is 11.6. The van der Waals surface area contributed by atoms with E-state index in [2.05, 4.69) is 17.6 Å². The molecule has 4 heteroatoms. The number of carbonyl (C=O) groups excluding carboxylic acids is 1. The molecule has 0 bridgehead atoms. The minimum atomic E-state index is -0.416. The van der Waals surface area contributed by atoms with Crippen molar-refractivity contribution < 1.29 is 9.53 Å². The molecule has 0 aromatic rings. The first kappa shape index (κ1) is 10.7. The van der Waals surface area contributed by atoms with Gasteiger partial charge in [0.05, 0.1) is 5.54 Å². The van der Waals surface area contributed by atoms with Gasteiger partial charge < -0.3 is 15.4 Å². The van der Waals surface area contributed by atoms with Crippen molar-refractivity contribution in [2.45, 2.75) is 51.3 Å². The number of hydrogen-bond donors (Lipinski definition) is 2. The van der Waals surface area contributed by atoms with Gasteiger partial charge in [0.15, 0.2) is 0 Å². The second-order valence-corrected chi connectivity index (χ2v) is 5.70. The summed E-state index contributed by atoms with van der Waals surface area (Å²) in [6, 6.07) is 0.356. The van der Waals surface area contributed by atoms with Crippen molar-refractivity contribution in [3.8, 4) is 0 Å². The van der Waals surface area contributed by atoms with Gasteiger partial charge in [-0.2, -0.15) is 0 Å². The average Bonchev–Trinajstić information content (AvgIpc) is 2.64. The molecule has 2 N–H and O–H groups in total. The average molecular weight is 212 g/mol. The lowest BCUT2D eigenvalue weighted by Crippen LogP contribution is -2.48. The number of nitrogens with one attached hydrogen (secondary N) is 2. The molecule has 0 aromatic heterocycles. The van der Waals surface area contributed by atoms with Crippen LogP contribution in [0, 0.1) is 5.92 Å². The SMILES string of the molecule is CC1NCC2CC21NC(=O)OC(C)(C)C. The van der Waals surface area contributed by atoms with Crippen molar-refractivity contribution >= 4 is 6.09 Å². The van der Waals surface area contributed by atoms with E-state index in [1.54, 1.807) is 0 Å². The van der Waals surface area contributed by atoms with E-state index in [9.17, 15) is 4.79 Å². The number of amides is 1. The molecule has 3 atom stereocenters. The summed E-state index contributed by atoms with van der Waals surface area (Å²) < 4.78 is 5.26. The van der Waals surface area contributed by atoms with Crippen molar-refractivity contribution in [1.29, 1.82) is 0 Å². The van der Waals surface area contributed by atoms with Crippen LogP contribution in [0.4, 0.5) is 4.79 Å². The molecule has 1 heterocycles. The van der Waals surface area contributed by atoms with Crippen molar-refractivity contribution in [3.63, 3.8) is 0 Å². The van der Waals surface area contributed by atoms with E-state index in [0.717, 1.165) is 13.0 Å². The van der Waals surface area contributed by atoms with Crippen LogP contribution in [0.2, 0.25) is 0 Å². The smallest absolute Gasteiger partial charge is 0.408 e. The monoisotopic (exact) mass is 212 g/mol. The third-order valence-corrected chi connectivity index (χ3v) is 3.33. The normalized spacial score (nSPS) is 38.4. The highest BCUT2D eigenvalue weighted by molar-refractivity contribution is 5.70. The Hall–Kier alpha value is -0.770. The third-order valence-electron chi connectivity index (χ3n) is 3.33. The van der Waals surface area contributed by atoms with Crippen LogP contribution in [0.3, 0.4) is 0 Å². The predicted octanol–water partition coefficient (Wildman–Crippen LogP) is 1.26. The van der Waals surface area contributed by atoms with Gasteiger partial charge in [-0.3, -0.25) is 0 Å². The molecule has 0 spiro atoms.